The molecule has 0 aromatic carbocycles. The van der Waals surface area contributed by atoms with E-state index in [1.807, 2.05) is 0 Å². The highest BCUT2D eigenvalue weighted by Crippen LogP contribution is 2.24. The van der Waals surface area contributed by atoms with Crippen molar-refractivity contribution in [2.24, 2.45) is 0 Å². The predicted octanol–water partition coefficient (Wildman–Crippen LogP) is 1.68. The van der Waals surface area contributed by atoms with E-state index < -0.39 is 12.1 Å². The molecule has 2 rings (SSSR count). The molecule has 0 aliphatic carbocycles. The molecule has 1 atom stereocenters. The Bertz CT molecular complexity index is 369. The number of pyridine rings is 1. The number of hydrogen-bond acceptors (Lipinski definition) is 2. The van der Waals surface area contributed by atoms with Crippen LogP contribution in [0.15, 0.2) is 16.7 Å². The van der Waals surface area contributed by atoms with Gasteiger partial charge in [-0.2, -0.15) is 0 Å². The highest BCUT2D eigenvalue weighted by atomic mass is 79.9. The largest absolute Gasteiger partial charge is 0.308 e. The topological polar surface area (TPSA) is 42.0 Å². The number of rotatable bonds is 0. The summed E-state index contributed by atoms with van der Waals surface area (Å²) in [6, 6.07) is 1.76. The van der Waals surface area contributed by atoms with Crippen LogP contribution in [0.1, 0.15) is 5.56 Å². The quantitative estimate of drug-likeness (QED) is 0.755. The van der Waals surface area contributed by atoms with Crippen LogP contribution in [0.2, 0.25) is 0 Å². The van der Waals surface area contributed by atoms with E-state index >= 15 is 0 Å². The molecular formula is C8H6BrFN2O. The lowest BCUT2D eigenvalue weighted by Crippen LogP contribution is -2.31. The van der Waals surface area contributed by atoms with Crippen LogP contribution >= 0.6 is 15.9 Å². The van der Waals surface area contributed by atoms with E-state index in [4.69, 9.17) is 0 Å². The first kappa shape index (κ1) is 8.62. The Morgan fingerprint density at radius 2 is 2.46 bits per heavy atom. The van der Waals surface area contributed by atoms with Crippen molar-refractivity contribution in [3.63, 3.8) is 0 Å². The fraction of sp³-hybridized carbons (Fsp3) is 0.250. The van der Waals surface area contributed by atoms with Crippen LogP contribution in [0.25, 0.3) is 0 Å². The second kappa shape index (κ2) is 3.06. The minimum atomic E-state index is -1.46. The Morgan fingerprint density at radius 3 is 3.23 bits per heavy atom. The molecule has 3 nitrogen and oxygen atoms in total. The number of nitrogens with one attached hydrogen (secondary N) is 1. The van der Waals surface area contributed by atoms with Crippen LogP contribution in [0, 0.1) is 0 Å². The van der Waals surface area contributed by atoms with E-state index in [1.54, 1.807) is 12.3 Å². The number of carbonyl (C=O) groups excluding carboxylic acids is 1. The van der Waals surface area contributed by atoms with Gasteiger partial charge < -0.3 is 5.32 Å². The van der Waals surface area contributed by atoms with Crippen molar-refractivity contribution in [3.8, 4) is 0 Å². The first-order valence-electron chi connectivity index (χ1n) is 3.76. The van der Waals surface area contributed by atoms with E-state index in [1.165, 1.54) is 0 Å². The maximum Gasteiger partial charge on any atom is 0.260 e. The van der Waals surface area contributed by atoms with Crippen molar-refractivity contribution in [2.45, 2.75) is 12.6 Å². The van der Waals surface area contributed by atoms with Crippen LogP contribution in [-0.4, -0.2) is 17.1 Å². The van der Waals surface area contributed by atoms with Crippen molar-refractivity contribution < 1.29 is 9.18 Å². The molecule has 1 amide bonds. The molecule has 5 heteroatoms. The van der Waals surface area contributed by atoms with Crippen LogP contribution < -0.4 is 5.32 Å². The van der Waals surface area contributed by atoms with Gasteiger partial charge in [-0.1, -0.05) is 0 Å². The number of nitrogens with zero attached hydrogens (tertiary/aromatic N) is 1. The van der Waals surface area contributed by atoms with Crippen molar-refractivity contribution in [3.05, 3.63) is 22.3 Å². The SMILES string of the molecule is O=C1Nc2ncc(Br)cc2CC1F. The summed E-state index contributed by atoms with van der Waals surface area (Å²) in [5.74, 6) is -0.149. The number of halogens is 2. The number of carbonyl (C=O) groups is 1. The molecule has 1 unspecified atom stereocenters. The third-order valence-electron chi connectivity index (χ3n) is 1.86. The van der Waals surface area contributed by atoms with Gasteiger partial charge in [0.1, 0.15) is 5.82 Å². The van der Waals surface area contributed by atoms with Gasteiger partial charge >= 0.3 is 0 Å². The fourth-order valence-corrected chi connectivity index (χ4v) is 1.61. The molecular weight excluding hydrogens is 239 g/mol. The summed E-state index contributed by atoms with van der Waals surface area (Å²) in [4.78, 5) is 14.9. The average molecular weight is 245 g/mol. The second-order valence-electron chi connectivity index (χ2n) is 2.82. The zero-order chi connectivity index (χ0) is 9.42. The molecule has 0 bridgehead atoms. The fourth-order valence-electron chi connectivity index (χ4n) is 1.23. The maximum atomic E-state index is 12.9. The molecule has 1 N–H and O–H groups in total. The summed E-state index contributed by atoms with van der Waals surface area (Å²) >= 11 is 3.23. The predicted molar refractivity (Wildman–Crippen MR) is 49.2 cm³/mol. The third-order valence-corrected chi connectivity index (χ3v) is 2.29. The molecule has 1 aliphatic rings. The van der Waals surface area contributed by atoms with Crippen LogP contribution in [0.3, 0.4) is 0 Å². The Balaban J connectivity index is 2.42. The number of fused-ring (bicyclic) bond motifs is 1. The lowest BCUT2D eigenvalue weighted by atomic mass is 10.1. The Labute approximate surface area is 82.5 Å². The zero-order valence-electron chi connectivity index (χ0n) is 6.55. The summed E-state index contributed by atoms with van der Waals surface area (Å²) in [5.41, 5.74) is 0.724. The van der Waals surface area contributed by atoms with Crippen molar-refractivity contribution in [2.75, 3.05) is 5.32 Å². The summed E-state index contributed by atoms with van der Waals surface area (Å²) in [6.45, 7) is 0. The number of alkyl halides is 1. The van der Waals surface area contributed by atoms with E-state index in [9.17, 15) is 9.18 Å². The van der Waals surface area contributed by atoms with Gasteiger partial charge in [0, 0.05) is 17.1 Å². The summed E-state index contributed by atoms with van der Waals surface area (Å²) < 4.78 is 13.7. The Morgan fingerprint density at radius 1 is 1.69 bits per heavy atom. The average Bonchev–Trinajstić information content (AvgIpc) is 2.08. The zero-order valence-corrected chi connectivity index (χ0v) is 8.14. The number of aromatic nitrogens is 1. The van der Waals surface area contributed by atoms with E-state index in [0.29, 0.717) is 5.82 Å². The maximum absolute atomic E-state index is 12.9. The van der Waals surface area contributed by atoms with Crippen molar-refractivity contribution in [1.29, 1.82) is 0 Å². The van der Waals surface area contributed by atoms with E-state index in [0.717, 1.165) is 10.0 Å². The van der Waals surface area contributed by atoms with Crippen LogP contribution in [-0.2, 0) is 11.2 Å². The van der Waals surface area contributed by atoms with Crippen LogP contribution in [0.5, 0.6) is 0 Å². The number of amides is 1. The highest BCUT2D eigenvalue weighted by Gasteiger charge is 2.26. The standard InChI is InChI=1S/C8H6BrFN2O/c9-5-1-4-2-6(10)8(13)12-7(4)11-3-5/h1,3,6H,2H2,(H,11,12,13). The van der Waals surface area contributed by atoms with Gasteiger partial charge in [0.05, 0.1) is 0 Å². The minimum Gasteiger partial charge on any atom is -0.308 e. The lowest BCUT2D eigenvalue weighted by molar-refractivity contribution is -0.121. The van der Waals surface area contributed by atoms with Gasteiger partial charge in [-0.05, 0) is 27.6 Å². The van der Waals surface area contributed by atoms with Gasteiger partial charge in [0.25, 0.3) is 5.91 Å². The minimum absolute atomic E-state index is 0.105. The molecule has 68 valence electrons. The lowest BCUT2D eigenvalue weighted by Gasteiger charge is -2.18. The third kappa shape index (κ3) is 1.56. The van der Waals surface area contributed by atoms with Gasteiger partial charge in [-0.15, -0.1) is 0 Å². The second-order valence-corrected chi connectivity index (χ2v) is 3.74. The van der Waals surface area contributed by atoms with Gasteiger partial charge in [-0.25, -0.2) is 9.37 Å². The molecule has 1 aromatic heterocycles. The Hall–Kier alpha value is -0.970. The molecule has 1 aromatic rings. The first-order chi connectivity index (χ1) is 6.16. The van der Waals surface area contributed by atoms with E-state index in [2.05, 4.69) is 26.2 Å². The molecule has 0 radical (unpaired) electrons. The smallest absolute Gasteiger partial charge is 0.260 e. The molecule has 13 heavy (non-hydrogen) atoms. The normalized spacial score (nSPS) is 20.8. The molecule has 1 aliphatic heterocycles. The van der Waals surface area contributed by atoms with Crippen LogP contribution in [0.4, 0.5) is 10.2 Å². The summed E-state index contributed by atoms with van der Waals surface area (Å²) in [7, 11) is 0. The van der Waals surface area contributed by atoms with Crippen molar-refractivity contribution in [1.82, 2.24) is 4.98 Å². The summed E-state index contributed by atoms with van der Waals surface area (Å²) in [5, 5.41) is 2.39. The monoisotopic (exact) mass is 244 g/mol. The molecule has 0 spiro atoms. The Kier molecular flexibility index (Phi) is 2.03. The molecule has 0 saturated heterocycles. The van der Waals surface area contributed by atoms with Gasteiger partial charge in [0.15, 0.2) is 6.17 Å². The summed E-state index contributed by atoms with van der Waals surface area (Å²) in [6.07, 6.45) is 0.217. The van der Waals surface area contributed by atoms with E-state index in [-0.39, 0.29) is 6.42 Å². The van der Waals surface area contributed by atoms with Gasteiger partial charge in [0.2, 0.25) is 0 Å². The first-order valence-corrected chi connectivity index (χ1v) is 4.55. The molecule has 0 saturated carbocycles. The molecule has 2 heterocycles. The highest BCUT2D eigenvalue weighted by molar-refractivity contribution is 9.10. The number of anilines is 1. The molecule has 0 fully saturated rings. The number of hydrogen-bond donors (Lipinski definition) is 1. The van der Waals surface area contributed by atoms with Crippen molar-refractivity contribution >= 4 is 27.7 Å². The van der Waals surface area contributed by atoms with Gasteiger partial charge in [-0.3, -0.25) is 4.79 Å².